The van der Waals surface area contributed by atoms with Crippen molar-refractivity contribution in [2.24, 2.45) is 0 Å². The third kappa shape index (κ3) is 8.23. The molecule has 0 rings (SSSR count). The average molecular weight is 229 g/mol. The zero-order chi connectivity index (χ0) is 12.4. The molecule has 0 aliphatic rings. The van der Waals surface area contributed by atoms with Gasteiger partial charge in [0.05, 0.1) is 0 Å². The maximum absolute atomic E-state index is 11.2. The molecule has 0 aromatic heterocycles. The fraction of sp³-hybridized carbons (Fsp3) is 0.818. The predicted octanol–water partition coefficient (Wildman–Crippen LogP) is -0.0294. The van der Waals surface area contributed by atoms with E-state index in [1.54, 1.807) is 19.0 Å². The van der Waals surface area contributed by atoms with Crippen molar-refractivity contribution in [2.75, 3.05) is 33.7 Å². The average Bonchev–Trinajstić information content (AvgIpc) is 2.23. The van der Waals surface area contributed by atoms with Crippen LogP contribution in [0.4, 0.5) is 0 Å². The Morgan fingerprint density at radius 1 is 1.12 bits per heavy atom. The molecule has 0 aromatic rings. The van der Waals surface area contributed by atoms with E-state index < -0.39 is 0 Å². The summed E-state index contributed by atoms with van der Waals surface area (Å²) in [4.78, 5) is 23.9. The number of hydrogen-bond donors (Lipinski definition) is 2. The molecule has 5 heteroatoms. The van der Waals surface area contributed by atoms with Crippen molar-refractivity contribution in [2.45, 2.75) is 26.2 Å². The lowest BCUT2D eigenvalue weighted by Crippen LogP contribution is -2.28. The second kappa shape index (κ2) is 9.15. The molecule has 0 fully saturated rings. The van der Waals surface area contributed by atoms with Crippen LogP contribution in [0.25, 0.3) is 0 Å². The van der Waals surface area contributed by atoms with E-state index in [0.29, 0.717) is 25.9 Å². The van der Waals surface area contributed by atoms with Gasteiger partial charge in [-0.3, -0.25) is 9.59 Å². The molecule has 0 aromatic carbocycles. The molecule has 94 valence electrons. The highest BCUT2D eigenvalue weighted by Crippen LogP contribution is 1.91. The van der Waals surface area contributed by atoms with Gasteiger partial charge in [0.1, 0.15) is 0 Å². The second-order valence-electron chi connectivity index (χ2n) is 3.85. The van der Waals surface area contributed by atoms with Crippen molar-refractivity contribution >= 4 is 11.8 Å². The predicted molar refractivity (Wildman–Crippen MR) is 64.1 cm³/mol. The van der Waals surface area contributed by atoms with E-state index in [-0.39, 0.29) is 11.8 Å². The zero-order valence-corrected chi connectivity index (χ0v) is 10.5. The quantitative estimate of drug-likeness (QED) is 0.575. The lowest BCUT2D eigenvalue weighted by molar-refractivity contribution is -0.128. The molecule has 5 nitrogen and oxygen atoms in total. The van der Waals surface area contributed by atoms with Gasteiger partial charge in [-0.25, -0.2) is 0 Å². The van der Waals surface area contributed by atoms with E-state index in [0.717, 1.165) is 13.0 Å². The minimum atomic E-state index is 0.0689. The zero-order valence-electron chi connectivity index (χ0n) is 10.5. The molecule has 0 spiro atoms. The molecule has 0 unspecified atom stereocenters. The van der Waals surface area contributed by atoms with Gasteiger partial charge in [0.2, 0.25) is 11.8 Å². The Hall–Kier alpha value is -1.10. The number of carbonyl (C=O) groups excluding carboxylic acids is 2. The SMILES string of the molecule is CCNC(=O)CCNCCCC(=O)N(C)C. The Kier molecular flexibility index (Phi) is 8.52. The normalized spacial score (nSPS) is 9.94. The summed E-state index contributed by atoms with van der Waals surface area (Å²) in [5.41, 5.74) is 0. The number of carbonyl (C=O) groups is 2. The fourth-order valence-electron chi connectivity index (χ4n) is 1.20. The van der Waals surface area contributed by atoms with E-state index in [4.69, 9.17) is 0 Å². The molecule has 0 radical (unpaired) electrons. The van der Waals surface area contributed by atoms with Gasteiger partial charge in [0.25, 0.3) is 0 Å². The molecular formula is C11H23N3O2. The summed E-state index contributed by atoms with van der Waals surface area (Å²) in [6.07, 6.45) is 1.86. The Morgan fingerprint density at radius 3 is 2.38 bits per heavy atom. The molecule has 0 saturated heterocycles. The first-order valence-corrected chi connectivity index (χ1v) is 5.75. The van der Waals surface area contributed by atoms with E-state index >= 15 is 0 Å². The summed E-state index contributed by atoms with van der Waals surface area (Å²) < 4.78 is 0. The van der Waals surface area contributed by atoms with Crippen molar-refractivity contribution in [1.82, 2.24) is 15.5 Å². The highest BCUT2D eigenvalue weighted by atomic mass is 16.2. The van der Waals surface area contributed by atoms with Crippen LogP contribution in [-0.4, -0.2) is 50.4 Å². The first-order valence-electron chi connectivity index (χ1n) is 5.75. The number of nitrogens with one attached hydrogen (secondary N) is 2. The van der Waals surface area contributed by atoms with E-state index in [2.05, 4.69) is 10.6 Å². The maximum atomic E-state index is 11.2. The molecule has 0 aliphatic heterocycles. The summed E-state index contributed by atoms with van der Waals surface area (Å²) >= 11 is 0. The molecule has 0 atom stereocenters. The monoisotopic (exact) mass is 229 g/mol. The van der Waals surface area contributed by atoms with Crippen molar-refractivity contribution < 1.29 is 9.59 Å². The number of hydrogen-bond acceptors (Lipinski definition) is 3. The summed E-state index contributed by atoms with van der Waals surface area (Å²) in [6, 6.07) is 0. The standard InChI is InChI=1S/C11H23N3O2/c1-4-13-10(15)7-9-12-8-5-6-11(16)14(2)3/h12H,4-9H2,1-3H3,(H,13,15). The second-order valence-corrected chi connectivity index (χ2v) is 3.85. The highest BCUT2D eigenvalue weighted by Gasteiger charge is 2.02. The largest absolute Gasteiger partial charge is 0.356 e. The fourth-order valence-corrected chi connectivity index (χ4v) is 1.20. The third-order valence-corrected chi connectivity index (χ3v) is 2.15. The molecule has 0 bridgehead atoms. The van der Waals surface area contributed by atoms with Crippen LogP contribution < -0.4 is 10.6 Å². The first-order chi connectivity index (χ1) is 7.57. The molecule has 2 N–H and O–H groups in total. The van der Waals surface area contributed by atoms with Gasteiger partial charge < -0.3 is 15.5 Å². The summed E-state index contributed by atoms with van der Waals surface area (Å²) in [5.74, 6) is 0.213. The lowest BCUT2D eigenvalue weighted by Gasteiger charge is -2.10. The van der Waals surface area contributed by atoms with Gasteiger partial charge in [-0.05, 0) is 19.9 Å². The van der Waals surface area contributed by atoms with Gasteiger partial charge in [0.15, 0.2) is 0 Å². The smallest absolute Gasteiger partial charge is 0.222 e. The van der Waals surface area contributed by atoms with Gasteiger partial charge in [-0.2, -0.15) is 0 Å². The first kappa shape index (κ1) is 14.9. The van der Waals surface area contributed by atoms with Crippen molar-refractivity contribution in [3.8, 4) is 0 Å². The van der Waals surface area contributed by atoms with Crippen molar-refractivity contribution in [3.63, 3.8) is 0 Å². The van der Waals surface area contributed by atoms with Gasteiger partial charge in [0, 0.05) is 40.0 Å². The minimum Gasteiger partial charge on any atom is -0.356 e. The molecule has 2 amide bonds. The summed E-state index contributed by atoms with van der Waals surface area (Å²) in [7, 11) is 3.51. The van der Waals surface area contributed by atoms with Gasteiger partial charge >= 0.3 is 0 Å². The third-order valence-electron chi connectivity index (χ3n) is 2.15. The van der Waals surface area contributed by atoms with Crippen LogP contribution in [0.15, 0.2) is 0 Å². The molecule has 16 heavy (non-hydrogen) atoms. The Labute approximate surface area is 97.6 Å². The van der Waals surface area contributed by atoms with E-state index in [1.807, 2.05) is 6.92 Å². The number of amides is 2. The van der Waals surface area contributed by atoms with E-state index in [1.165, 1.54) is 0 Å². The van der Waals surface area contributed by atoms with Crippen LogP contribution in [0.2, 0.25) is 0 Å². The minimum absolute atomic E-state index is 0.0689. The van der Waals surface area contributed by atoms with Crippen LogP contribution in [0.1, 0.15) is 26.2 Å². The van der Waals surface area contributed by atoms with Crippen molar-refractivity contribution in [1.29, 1.82) is 0 Å². The molecular weight excluding hydrogens is 206 g/mol. The highest BCUT2D eigenvalue weighted by molar-refractivity contribution is 5.76. The van der Waals surface area contributed by atoms with Crippen LogP contribution in [-0.2, 0) is 9.59 Å². The van der Waals surface area contributed by atoms with Gasteiger partial charge in [-0.15, -0.1) is 0 Å². The summed E-state index contributed by atoms with van der Waals surface area (Å²) in [5, 5.41) is 5.87. The topological polar surface area (TPSA) is 61.4 Å². The summed E-state index contributed by atoms with van der Waals surface area (Å²) in [6.45, 7) is 4.02. The Balaban J connectivity index is 3.28. The molecule has 0 aliphatic carbocycles. The Bertz CT molecular complexity index is 217. The van der Waals surface area contributed by atoms with Crippen LogP contribution >= 0.6 is 0 Å². The van der Waals surface area contributed by atoms with Gasteiger partial charge in [-0.1, -0.05) is 0 Å². The number of rotatable bonds is 8. The molecule has 0 saturated carbocycles. The maximum Gasteiger partial charge on any atom is 0.222 e. The van der Waals surface area contributed by atoms with Crippen LogP contribution in [0, 0.1) is 0 Å². The van der Waals surface area contributed by atoms with E-state index in [9.17, 15) is 9.59 Å². The van der Waals surface area contributed by atoms with Crippen LogP contribution in [0.5, 0.6) is 0 Å². The van der Waals surface area contributed by atoms with Crippen molar-refractivity contribution in [3.05, 3.63) is 0 Å². The Morgan fingerprint density at radius 2 is 1.81 bits per heavy atom. The lowest BCUT2D eigenvalue weighted by atomic mass is 10.3. The number of nitrogens with zero attached hydrogens (tertiary/aromatic N) is 1. The van der Waals surface area contributed by atoms with Crippen LogP contribution in [0.3, 0.4) is 0 Å². The molecule has 0 heterocycles.